The standard InChI is InChI=1S/C20H21N3O5/c1-27-16(15-5-3-7-28-15)11-21-19(25)20(26)22-14-8-12-4-2-6-23-17(24)10-13(9-14)18(12)23/h3,5,7-9,16H,2,4,6,10-11H2,1H3,(H,21,25)(H,22,26)/t16-/m1/s1. The number of furan rings is 1. The van der Waals surface area contributed by atoms with Crippen molar-refractivity contribution in [2.24, 2.45) is 0 Å². The first-order valence-corrected chi connectivity index (χ1v) is 9.18. The average Bonchev–Trinajstić information content (AvgIpc) is 3.32. The summed E-state index contributed by atoms with van der Waals surface area (Å²) in [7, 11) is 1.50. The molecule has 0 unspecified atom stereocenters. The molecule has 2 N–H and O–H groups in total. The zero-order valence-corrected chi connectivity index (χ0v) is 15.5. The number of rotatable bonds is 5. The lowest BCUT2D eigenvalue weighted by Crippen LogP contribution is -2.38. The number of hydrogen-bond donors (Lipinski definition) is 2. The van der Waals surface area contributed by atoms with Gasteiger partial charge in [-0.3, -0.25) is 14.4 Å². The Labute approximate surface area is 161 Å². The van der Waals surface area contributed by atoms with Crippen molar-refractivity contribution < 1.29 is 23.5 Å². The van der Waals surface area contributed by atoms with Crippen LogP contribution in [0.1, 0.15) is 29.4 Å². The summed E-state index contributed by atoms with van der Waals surface area (Å²) in [6.07, 6.45) is 3.11. The first kappa shape index (κ1) is 18.2. The van der Waals surface area contributed by atoms with Gasteiger partial charge in [-0.15, -0.1) is 0 Å². The highest BCUT2D eigenvalue weighted by molar-refractivity contribution is 6.39. The van der Waals surface area contributed by atoms with Gasteiger partial charge < -0.3 is 24.7 Å². The van der Waals surface area contributed by atoms with Crippen LogP contribution in [-0.2, 0) is 32.0 Å². The van der Waals surface area contributed by atoms with Crippen molar-refractivity contribution in [1.82, 2.24) is 5.32 Å². The smallest absolute Gasteiger partial charge is 0.313 e. The van der Waals surface area contributed by atoms with E-state index in [-0.39, 0.29) is 12.5 Å². The predicted octanol–water partition coefficient (Wildman–Crippen LogP) is 1.56. The monoisotopic (exact) mass is 383 g/mol. The fourth-order valence-corrected chi connectivity index (χ4v) is 3.78. The second-order valence-corrected chi connectivity index (χ2v) is 6.87. The van der Waals surface area contributed by atoms with Crippen molar-refractivity contribution in [2.75, 3.05) is 30.4 Å². The van der Waals surface area contributed by atoms with E-state index in [1.165, 1.54) is 13.4 Å². The molecule has 1 aromatic carbocycles. The molecule has 0 bridgehead atoms. The quantitative estimate of drug-likeness (QED) is 0.763. The number of ether oxygens (including phenoxy) is 1. The molecule has 0 fully saturated rings. The number of amides is 3. The Morgan fingerprint density at radius 2 is 2.11 bits per heavy atom. The van der Waals surface area contributed by atoms with Gasteiger partial charge >= 0.3 is 11.8 Å². The summed E-state index contributed by atoms with van der Waals surface area (Å²) in [6.45, 7) is 0.846. The molecule has 146 valence electrons. The maximum Gasteiger partial charge on any atom is 0.313 e. The molecule has 0 radical (unpaired) electrons. The molecule has 2 aromatic rings. The Morgan fingerprint density at radius 3 is 2.86 bits per heavy atom. The minimum absolute atomic E-state index is 0.0840. The summed E-state index contributed by atoms with van der Waals surface area (Å²) in [5, 5.41) is 5.18. The van der Waals surface area contributed by atoms with Gasteiger partial charge in [0.2, 0.25) is 5.91 Å². The number of nitrogens with zero attached hydrogens (tertiary/aromatic N) is 1. The van der Waals surface area contributed by atoms with Gasteiger partial charge in [-0.2, -0.15) is 0 Å². The van der Waals surface area contributed by atoms with Gasteiger partial charge in [0, 0.05) is 19.3 Å². The zero-order valence-electron chi connectivity index (χ0n) is 15.5. The van der Waals surface area contributed by atoms with E-state index in [4.69, 9.17) is 9.15 Å². The Morgan fingerprint density at radius 1 is 1.29 bits per heavy atom. The number of carbonyl (C=O) groups excluding carboxylic acids is 3. The summed E-state index contributed by atoms with van der Waals surface area (Å²) in [5.74, 6) is -0.880. The number of benzene rings is 1. The Kier molecular flexibility index (Phi) is 4.87. The molecule has 0 saturated carbocycles. The molecule has 28 heavy (non-hydrogen) atoms. The fourth-order valence-electron chi connectivity index (χ4n) is 3.78. The molecule has 0 aliphatic carbocycles. The largest absolute Gasteiger partial charge is 0.467 e. The Balaban J connectivity index is 1.41. The molecule has 8 heteroatoms. The molecule has 3 amide bonds. The number of hydrogen-bond acceptors (Lipinski definition) is 5. The van der Waals surface area contributed by atoms with E-state index >= 15 is 0 Å². The van der Waals surface area contributed by atoms with E-state index in [2.05, 4.69) is 10.6 Å². The molecule has 0 saturated heterocycles. The van der Waals surface area contributed by atoms with Crippen molar-refractivity contribution in [3.63, 3.8) is 0 Å². The fraction of sp³-hybridized carbons (Fsp3) is 0.350. The summed E-state index contributed by atoms with van der Waals surface area (Å²) in [4.78, 5) is 38.4. The summed E-state index contributed by atoms with van der Waals surface area (Å²) in [5.41, 5.74) is 3.43. The van der Waals surface area contributed by atoms with Crippen molar-refractivity contribution in [3.8, 4) is 0 Å². The maximum absolute atomic E-state index is 12.3. The van der Waals surface area contributed by atoms with Crippen LogP contribution in [0.5, 0.6) is 0 Å². The normalized spacial score (nSPS) is 15.9. The summed E-state index contributed by atoms with van der Waals surface area (Å²) in [6, 6.07) is 7.08. The number of methoxy groups -OCH3 is 1. The molecule has 8 nitrogen and oxygen atoms in total. The van der Waals surface area contributed by atoms with Crippen LogP contribution in [0.25, 0.3) is 0 Å². The Hall–Kier alpha value is -3.13. The first-order chi connectivity index (χ1) is 13.6. The molecule has 1 aromatic heterocycles. The summed E-state index contributed by atoms with van der Waals surface area (Å²) >= 11 is 0. The van der Waals surface area contributed by atoms with E-state index < -0.39 is 17.9 Å². The second-order valence-electron chi connectivity index (χ2n) is 6.87. The minimum Gasteiger partial charge on any atom is -0.467 e. The van der Waals surface area contributed by atoms with Crippen molar-refractivity contribution >= 4 is 29.1 Å². The van der Waals surface area contributed by atoms with Crippen LogP contribution >= 0.6 is 0 Å². The van der Waals surface area contributed by atoms with E-state index in [0.717, 1.165) is 36.2 Å². The number of carbonyl (C=O) groups is 3. The van der Waals surface area contributed by atoms with Gasteiger partial charge in [-0.25, -0.2) is 0 Å². The molecular formula is C20H21N3O5. The van der Waals surface area contributed by atoms with Crippen LogP contribution in [0.4, 0.5) is 11.4 Å². The second kappa shape index (κ2) is 7.47. The maximum atomic E-state index is 12.3. The third kappa shape index (κ3) is 3.38. The predicted molar refractivity (Wildman–Crippen MR) is 101 cm³/mol. The minimum atomic E-state index is -0.765. The van der Waals surface area contributed by atoms with E-state index in [1.54, 1.807) is 18.2 Å². The number of nitrogens with one attached hydrogen (secondary N) is 2. The highest BCUT2D eigenvalue weighted by Crippen LogP contribution is 2.38. The lowest BCUT2D eigenvalue weighted by molar-refractivity contribution is -0.136. The average molecular weight is 383 g/mol. The third-order valence-corrected chi connectivity index (χ3v) is 5.07. The van der Waals surface area contributed by atoms with E-state index in [9.17, 15) is 14.4 Å². The summed E-state index contributed by atoms with van der Waals surface area (Å²) < 4.78 is 10.5. The lowest BCUT2D eigenvalue weighted by atomic mass is 9.99. The topological polar surface area (TPSA) is 101 Å². The molecule has 1 atom stereocenters. The van der Waals surface area contributed by atoms with Crippen LogP contribution in [0, 0.1) is 0 Å². The van der Waals surface area contributed by atoms with E-state index in [1.807, 2.05) is 11.0 Å². The van der Waals surface area contributed by atoms with Gasteiger partial charge in [0.25, 0.3) is 0 Å². The SMILES string of the molecule is CO[C@H](CNC(=O)C(=O)Nc1cc2c3c(c1)CC(=O)N3CCC2)c1ccco1. The lowest BCUT2D eigenvalue weighted by Gasteiger charge is -2.26. The Bertz CT molecular complexity index is 922. The van der Waals surface area contributed by atoms with Crippen molar-refractivity contribution in [2.45, 2.75) is 25.4 Å². The highest BCUT2D eigenvalue weighted by Gasteiger charge is 2.32. The van der Waals surface area contributed by atoms with Crippen LogP contribution < -0.4 is 15.5 Å². The van der Waals surface area contributed by atoms with Crippen molar-refractivity contribution in [1.29, 1.82) is 0 Å². The van der Waals surface area contributed by atoms with Gasteiger partial charge in [0.15, 0.2) is 0 Å². The van der Waals surface area contributed by atoms with Crippen LogP contribution in [-0.4, -0.2) is 37.9 Å². The van der Waals surface area contributed by atoms with Gasteiger partial charge in [-0.1, -0.05) is 0 Å². The molecule has 2 aliphatic heterocycles. The van der Waals surface area contributed by atoms with Crippen LogP contribution in [0.2, 0.25) is 0 Å². The van der Waals surface area contributed by atoms with Gasteiger partial charge in [-0.05, 0) is 48.2 Å². The number of aryl methyl sites for hydroxylation is 1. The molecule has 2 aliphatic rings. The first-order valence-electron chi connectivity index (χ1n) is 9.18. The third-order valence-electron chi connectivity index (χ3n) is 5.07. The van der Waals surface area contributed by atoms with Gasteiger partial charge in [0.05, 0.1) is 24.9 Å². The molecule has 3 heterocycles. The molecular weight excluding hydrogens is 362 g/mol. The molecule has 4 rings (SSSR count). The van der Waals surface area contributed by atoms with Crippen molar-refractivity contribution in [3.05, 3.63) is 47.4 Å². The molecule has 0 spiro atoms. The van der Waals surface area contributed by atoms with Gasteiger partial charge in [0.1, 0.15) is 11.9 Å². The highest BCUT2D eigenvalue weighted by atomic mass is 16.5. The van der Waals surface area contributed by atoms with Crippen LogP contribution in [0.15, 0.2) is 34.9 Å². The van der Waals surface area contributed by atoms with Crippen LogP contribution in [0.3, 0.4) is 0 Å². The zero-order chi connectivity index (χ0) is 19.7. The number of anilines is 2. The van der Waals surface area contributed by atoms with E-state index in [0.29, 0.717) is 17.9 Å².